The largest absolute Gasteiger partial charge is 0.496 e. The third-order valence-electron chi connectivity index (χ3n) is 5.38. The van der Waals surface area contributed by atoms with Gasteiger partial charge in [-0.1, -0.05) is 42.5 Å². The summed E-state index contributed by atoms with van der Waals surface area (Å²) in [4.78, 5) is 13.1. The van der Waals surface area contributed by atoms with Crippen LogP contribution in [0.2, 0.25) is 0 Å². The second-order valence-corrected chi connectivity index (χ2v) is 9.49. The van der Waals surface area contributed by atoms with Gasteiger partial charge in [0.15, 0.2) is 0 Å². The van der Waals surface area contributed by atoms with Gasteiger partial charge >= 0.3 is 0 Å². The van der Waals surface area contributed by atoms with Gasteiger partial charge in [-0.05, 0) is 62.2 Å². The Bertz CT molecular complexity index is 1190. The lowest BCUT2D eigenvalue weighted by Crippen LogP contribution is -2.41. The highest BCUT2D eigenvalue weighted by molar-refractivity contribution is 7.92. The average molecular weight is 453 g/mol. The van der Waals surface area contributed by atoms with E-state index in [2.05, 4.69) is 5.32 Å². The SMILES string of the molecule is COc1ccccc1C(C)NC(=O)CN(c1ccc(C)c(C)c1)S(=O)(=O)c1ccccc1. The van der Waals surface area contributed by atoms with Gasteiger partial charge in [0.05, 0.1) is 23.7 Å². The van der Waals surface area contributed by atoms with E-state index >= 15 is 0 Å². The summed E-state index contributed by atoms with van der Waals surface area (Å²) in [6.45, 7) is 5.35. The summed E-state index contributed by atoms with van der Waals surface area (Å²) in [5.74, 6) is 0.240. The van der Waals surface area contributed by atoms with Crippen LogP contribution in [0.4, 0.5) is 5.69 Å². The molecule has 7 heteroatoms. The highest BCUT2D eigenvalue weighted by Crippen LogP contribution is 2.27. The van der Waals surface area contributed by atoms with Crippen molar-refractivity contribution in [3.63, 3.8) is 0 Å². The van der Waals surface area contributed by atoms with E-state index < -0.39 is 15.9 Å². The summed E-state index contributed by atoms with van der Waals surface area (Å²) in [6, 6.07) is 20.5. The van der Waals surface area contributed by atoms with Gasteiger partial charge in [0.1, 0.15) is 12.3 Å². The number of sulfonamides is 1. The normalized spacial score (nSPS) is 12.1. The van der Waals surface area contributed by atoms with Gasteiger partial charge in [0.2, 0.25) is 5.91 Å². The van der Waals surface area contributed by atoms with E-state index in [4.69, 9.17) is 4.74 Å². The number of nitrogens with zero attached hydrogens (tertiary/aromatic N) is 1. The Labute approximate surface area is 189 Å². The van der Waals surface area contributed by atoms with Crippen molar-refractivity contribution in [3.8, 4) is 5.75 Å². The number of carbonyl (C=O) groups excluding carboxylic acids is 1. The van der Waals surface area contributed by atoms with Gasteiger partial charge in [-0.15, -0.1) is 0 Å². The van der Waals surface area contributed by atoms with Crippen molar-refractivity contribution in [1.82, 2.24) is 5.32 Å². The van der Waals surface area contributed by atoms with Crippen molar-refractivity contribution in [2.75, 3.05) is 18.0 Å². The maximum atomic E-state index is 13.4. The first-order valence-corrected chi connectivity index (χ1v) is 11.8. The fourth-order valence-corrected chi connectivity index (χ4v) is 4.87. The van der Waals surface area contributed by atoms with Crippen LogP contribution in [0, 0.1) is 13.8 Å². The summed E-state index contributed by atoms with van der Waals surface area (Å²) < 4.78 is 33.4. The number of hydrogen-bond donors (Lipinski definition) is 1. The number of methoxy groups -OCH3 is 1. The van der Waals surface area contributed by atoms with E-state index in [0.29, 0.717) is 11.4 Å². The lowest BCUT2D eigenvalue weighted by Gasteiger charge is -2.26. The molecule has 0 radical (unpaired) electrons. The molecule has 1 atom stereocenters. The maximum absolute atomic E-state index is 13.4. The molecule has 0 fully saturated rings. The quantitative estimate of drug-likeness (QED) is 0.550. The predicted molar refractivity (Wildman–Crippen MR) is 126 cm³/mol. The Balaban J connectivity index is 1.92. The smallest absolute Gasteiger partial charge is 0.264 e. The number of nitrogens with one attached hydrogen (secondary N) is 1. The van der Waals surface area contributed by atoms with Crippen LogP contribution in [0.15, 0.2) is 77.7 Å². The Hall–Kier alpha value is -3.32. The molecule has 1 unspecified atom stereocenters. The van der Waals surface area contributed by atoms with Crippen LogP contribution >= 0.6 is 0 Å². The molecular formula is C25H28N2O4S. The zero-order valence-electron chi connectivity index (χ0n) is 18.7. The lowest BCUT2D eigenvalue weighted by molar-refractivity contribution is -0.120. The highest BCUT2D eigenvalue weighted by Gasteiger charge is 2.28. The van der Waals surface area contributed by atoms with Crippen molar-refractivity contribution < 1.29 is 17.9 Å². The molecule has 0 spiro atoms. The van der Waals surface area contributed by atoms with Gasteiger partial charge in [0, 0.05) is 5.56 Å². The molecular weight excluding hydrogens is 424 g/mol. The monoisotopic (exact) mass is 452 g/mol. The summed E-state index contributed by atoms with van der Waals surface area (Å²) >= 11 is 0. The van der Waals surface area contributed by atoms with Crippen molar-refractivity contribution >= 4 is 21.6 Å². The molecule has 6 nitrogen and oxygen atoms in total. The third kappa shape index (κ3) is 5.11. The van der Waals surface area contributed by atoms with Crippen molar-refractivity contribution in [2.45, 2.75) is 31.7 Å². The van der Waals surface area contributed by atoms with Gasteiger partial charge in [0.25, 0.3) is 10.0 Å². The first-order valence-electron chi connectivity index (χ1n) is 10.3. The second-order valence-electron chi connectivity index (χ2n) is 7.62. The summed E-state index contributed by atoms with van der Waals surface area (Å²) in [5, 5.41) is 2.90. The highest BCUT2D eigenvalue weighted by atomic mass is 32.2. The fourth-order valence-electron chi connectivity index (χ4n) is 3.43. The lowest BCUT2D eigenvalue weighted by atomic mass is 10.1. The minimum Gasteiger partial charge on any atom is -0.496 e. The molecule has 0 aliphatic heterocycles. The zero-order valence-corrected chi connectivity index (χ0v) is 19.5. The minimum atomic E-state index is -3.94. The molecule has 3 rings (SSSR count). The molecule has 3 aromatic rings. The molecule has 0 saturated carbocycles. The van der Waals surface area contributed by atoms with E-state index in [1.807, 2.05) is 51.1 Å². The van der Waals surface area contributed by atoms with Crippen molar-refractivity contribution in [1.29, 1.82) is 0 Å². The molecule has 0 aliphatic carbocycles. The van der Waals surface area contributed by atoms with Crippen molar-refractivity contribution in [3.05, 3.63) is 89.5 Å². The number of hydrogen-bond acceptors (Lipinski definition) is 4. The Kier molecular flexibility index (Phi) is 7.20. The molecule has 3 aromatic carbocycles. The Morgan fingerprint density at radius 3 is 2.28 bits per heavy atom. The van der Waals surface area contributed by atoms with E-state index in [0.717, 1.165) is 21.0 Å². The van der Waals surface area contributed by atoms with Gasteiger partial charge < -0.3 is 10.1 Å². The first-order chi connectivity index (χ1) is 15.2. The number of carbonyl (C=O) groups is 1. The van der Waals surface area contributed by atoms with Crippen LogP contribution in [0.3, 0.4) is 0 Å². The van der Waals surface area contributed by atoms with E-state index in [1.54, 1.807) is 37.4 Å². The summed E-state index contributed by atoms with van der Waals surface area (Å²) in [5.41, 5.74) is 3.24. The van der Waals surface area contributed by atoms with E-state index in [1.165, 1.54) is 12.1 Å². The Morgan fingerprint density at radius 2 is 1.62 bits per heavy atom. The molecule has 168 valence electrons. The number of amides is 1. The molecule has 0 aromatic heterocycles. The Morgan fingerprint density at radius 1 is 0.969 bits per heavy atom. The zero-order chi connectivity index (χ0) is 23.3. The topological polar surface area (TPSA) is 75.7 Å². The van der Waals surface area contributed by atoms with Gasteiger partial charge in [-0.3, -0.25) is 9.10 Å². The first kappa shape index (κ1) is 23.3. The molecule has 32 heavy (non-hydrogen) atoms. The fraction of sp³-hybridized carbons (Fsp3) is 0.240. The molecule has 0 bridgehead atoms. The number of ether oxygens (including phenoxy) is 1. The standard InChI is InChI=1S/C25H28N2O4S/c1-18-14-15-21(16-19(18)2)27(32(29,30)22-10-6-5-7-11-22)17-25(28)26-20(3)23-12-8-9-13-24(23)31-4/h5-16,20H,17H2,1-4H3,(H,26,28). The number of benzene rings is 3. The maximum Gasteiger partial charge on any atom is 0.264 e. The van der Waals surface area contributed by atoms with E-state index in [-0.39, 0.29) is 17.5 Å². The molecule has 0 saturated heterocycles. The molecule has 0 heterocycles. The van der Waals surface area contributed by atoms with Gasteiger partial charge in [-0.2, -0.15) is 0 Å². The van der Waals surface area contributed by atoms with Gasteiger partial charge in [-0.25, -0.2) is 8.42 Å². The average Bonchev–Trinajstić information content (AvgIpc) is 2.79. The molecule has 1 N–H and O–H groups in total. The second kappa shape index (κ2) is 9.87. The van der Waals surface area contributed by atoms with E-state index in [9.17, 15) is 13.2 Å². The minimum absolute atomic E-state index is 0.129. The van der Waals surface area contributed by atoms with Crippen molar-refractivity contribution in [2.24, 2.45) is 0 Å². The summed E-state index contributed by atoms with van der Waals surface area (Å²) in [6.07, 6.45) is 0. The van der Waals surface area contributed by atoms with Crippen LogP contribution < -0.4 is 14.4 Å². The van der Waals surface area contributed by atoms with Crippen LogP contribution in [0.25, 0.3) is 0 Å². The number of para-hydroxylation sites is 1. The molecule has 1 amide bonds. The predicted octanol–water partition coefficient (Wildman–Crippen LogP) is 4.38. The molecule has 0 aliphatic rings. The van der Waals surface area contributed by atoms with Crippen LogP contribution in [0.5, 0.6) is 5.75 Å². The third-order valence-corrected chi connectivity index (χ3v) is 7.17. The number of aryl methyl sites for hydroxylation is 2. The van der Waals surface area contributed by atoms with Crippen LogP contribution in [-0.2, 0) is 14.8 Å². The van der Waals surface area contributed by atoms with Crippen LogP contribution in [-0.4, -0.2) is 28.0 Å². The summed E-state index contributed by atoms with van der Waals surface area (Å²) in [7, 11) is -2.37. The number of rotatable bonds is 8. The van der Waals surface area contributed by atoms with Crippen LogP contribution in [0.1, 0.15) is 29.7 Å². The number of anilines is 1.